The summed E-state index contributed by atoms with van der Waals surface area (Å²) in [5.41, 5.74) is 1.96. The summed E-state index contributed by atoms with van der Waals surface area (Å²) in [4.78, 5) is 24.2. The van der Waals surface area contributed by atoms with Crippen LogP contribution in [0, 0.1) is 40.4 Å². The van der Waals surface area contributed by atoms with Crippen LogP contribution in [0.5, 0.6) is 0 Å². The second kappa shape index (κ2) is 4.81. The molecule has 3 heteroatoms. The molecule has 0 amide bonds. The average molecular weight is 328 g/mol. The van der Waals surface area contributed by atoms with Crippen LogP contribution in [0.3, 0.4) is 0 Å². The van der Waals surface area contributed by atoms with Crippen LogP contribution >= 0.6 is 0 Å². The van der Waals surface area contributed by atoms with Crippen molar-refractivity contribution in [3.63, 3.8) is 0 Å². The number of aliphatic hydroxyl groups is 1. The minimum Gasteiger partial charge on any atom is -0.389 e. The van der Waals surface area contributed by atoms with E-state index in [2.05, 4.69) is 6.92 Å². The predicted octanol–water partition coefficient (Wildman–Crippen LogP) is 3.31. The Morgan fingerprint density at radius 2 is 2.08 bits per heavy atom. The summed E-state index contributed by atoms with van der Waals surface area (Å²) in [7, 11) is 0. The van der Waals surface area contributed by atoms with Crippen molar-refractivity contribution < 1.29 is 14.7 Å². The van der Waals surface area contributed by atoms with Crippen molar-refractivity contribution in [3.8, 4) is 0 Å². The van der Waals surface area contributed by atoms with E-state index in [1.807, 2.05) is 6.08 Å². The summed E-state index contributed by atoms with van der Waals surface area (Å²) >= 11 is 0. The van der Waals surface area contributed by atoms with Gasteiger partial charge in [0.2, 0.25) is 0 Å². The minimum absolute atomic E-state index is 0.0708. The molecule has 0 aliphatic heterocycles. The highest BCUT2D eigenvalue weighted by Gasteiger charge is 2.66. The van der Waals surface area contributed by atoms with Crippen molar-refractivity contribution in [3.05, 3.63) is 11.6 Å². The van der Waals surface area contributed by atoms with E-state index in [0.29, 0.717) is 23.0 Å². The molecular formula is C21H28O3. The molecule has 3 nitrogen and oxygen atoms in total. The number of aliphatic hydroxyl groups excluding tert-OH is 1. The SMILES string of the molecule is C[C@]12CC[C@H]3[C@@H](CC4C[C@@]35CCC(=O)C=C45)[C@@H]1CC[C@@H]2C(=O)CO. The maximum Gasteiger partial charge on any atom is 0.161 e. The molecule has 0 heterocycles. The first-order valence-electron chi connectivity index (χ1n) is 9.88. The number of allylic oxidation sites excluding steroid dienone is 1. The van der Waals surface area contributed by atoms with Crippen LogP contribution in [0.1, 0.15) is 58.3 Å². The third kappa shape index (κ3) is 1.67. The maximum absolute atomic E-state index is 12.3. The molecule has 6 rings (SSSR count). The largest absolute Gasteiger partial charge is 0.389 e. The van der Waals surface area contributed by atoms with Crippen molar-refractivity contribution in [1.29, 1.82) is 0 Å². The Balaban J connectivity index is 1.48. The number of fused-ring (bicyclic) bond motifs is 1. The van der Waals surface area contributed by atoms with Gasteiger partial charge in [-0.05, 0) is 85.5 Å². The Hall–Kier alpha value is -0.960. The van der Waals surface area contributed by atoms with Gasteiger partial charge in [0.1, 0.15) is 6.61 Å². The first-order valence-corrected chi connectivity index (χ1v) is 9.88. The zero-order valence-corrected chi connectivity index (χ0v) is 14.6. The second-order valence-electron chi connectivity index (χ2n) is 9.53. The summed E-state index contributed by atoms with van der Waals surface area (Å²) < 4.78 is 0. The van der Waals surface area contributed by atoms with E-state index < -0.39 is 0 Å². The standard InChI is InChI=1S/C21H28O3/c1-20-6-5-16-14(15(20)2-3-17(20)19(24)11-22)8-12-10-21(16)7-4-13(23)9-18(12)21/h9,12,14-17,22H,2-8,10-11H2,1H3/t12?,14-,15-,16-,17+,20-,21-/m0/s1. The van der Waals surface area contributed by atoms with Gasteiger partial charge < -0.3 is 5.11 Å². The number of hydrogen-bond acceptors (Lipinski definition) is 3. The molecule has 6 aliphatic rings. The van der Waals surface area contributed by atoms with E-state index in [1.165, 1.54) is 24.8 Å². The lowest BCUT2D eigenvalue weighted by Crippen LogP contribution is -2.60. The molecule has 1 N–H and O–H groups in total. The van der Waals surface area contributed by atoms with E-state index in [1.54, 1.807) is 0 Å². The number of rotatable bonds is 2. The van der Waals surface area contributed by atoms with Crippen molar-refractivity contribution in [2.75, 3.05) is 6.61 Å². The summed E-state index contributed by atoms with van der Waals surface area (Å²) in [5, 5.41) is 9.37. The fourth-order valence-electron chi connectivity index (χ4n) is 8.07. The lowest BCUT2D eigenvalue weighted by Gasteiger charge is -2.68. The van der Waals surface area contributed by atoms with Gasteiger partial charge in [-0.1, -0.05) is 12.5 Å². The Bertz CT molecular complexity index is 649. The summed E-state index contributed by atoms with van der Waals surface area (Å²) in [5.74, 6) is 3.26. The van der Waals surface area contributed by atoms with Crippen LogP contribution in [0.2, 0.25) is 0 Å². The molecule has 0 aromatic rings. The van der Waals surface area contributed by atoms with Crippen LogP contribution in [0.15, 0.2) is 11.6 Å². The van der Waals surface area contributed by atoms with Crippen LogP contribution in [-0.2, 0) is 9.59 Å². The number of hydrogen-bond donors (Lipinski definition) is 1. The van der Waals surface area contributed by atoms with Crippen molar-refractivity contribution >= 4 is 11.6 Å². The van der Waals surface area contributed by atoms with Gasteiger partial charge in [-0.2, -0.15) is 0 Å². The molecule has 1 spiro atoms. The first-order chi connectivity index (χ1) is 11.5. The molecule has 0 aromatic heterocycles. The predicted molar refractivity (Wildman–Crippen MR) is 90.1 cm³/mol. The van der Waals surface area contributed by atoms with Gasteiger partial charge in [-0.15, -0.1) is 0 Å². The molecule has 130 valence electrons. The highest BCUT2D eigenvalue weighted by Crippen LogP contribution is 2.74. The van der Waals surface area contributed by atoms with Crippen molar-refractivity contribution in [2.45, 2.75) is 58.3 Å². The molecule has 5 saturated carbocycles. The number of carbonyl (C=O) groups excluding carboxylic acids is 2. The number of ketones is 2. The maximum atomic E-state index is 12.3. The number of carbonyl (C=O) groups is 2. The van der Waals surface area contributed by atoms with Gasteiger partial charge in [0.05, 0.1) is 0 Å². The summed E-state index contributed by atoms with van der Waals surface area (Å²) in [6.07, 6.45) is 10.9. The highest BCUT2D eigenvalue weighted by atomic mass is 16.3. The van der Waals surface area contributed by atoms with E-state index in [0.717, 1.165) is 43.9 Å². The molecule has 0 aromatic carbocycles. The van der Waals surface area contributed by atoms with E-state index in [9.17, 15) is 14.7 Å². The lowest BCUT2D eigenvalue weighted by atomic mass is 9.36. The van der Waals surface area contributed by atoms with Gasteiger partial charge in [-0.25, -0.2) is 0 Å². The highest BCUT2D eigenvalue weighted by molar-refractivity contribution is 5.92. The van der Waals surface area contributed by atoms with Gasteiger partial charge in [0, 0.05) is 12.3 Å². The molecule has 0 radical (unpaired) electrons. The smallest absolute Gasteiger partial charge is 0.161 e. The van der Waals surface area contributed by atoms with Crippen LogP contribution in [0.4, 0.5) is 0 Å². The number of Topliss-reactive ketones (excluding diaryl/α,β-unsaturated/α-hetero) is 1. The minimum atomic E-state index is -0.289. The first kappa shape index (κ1) is 15.3. The fraction of sp³-hybridized carbons (Fsp3) is 0.810. The zero-order chi connectivity index (χ0) is 16.7. The third-order valence-electron chi connectivity index (χ3n) is 9.01. The quantitative estimate of drug-likeness (QED) is 0.846. The Morgan fingerprint density at radius 3 is 2.88 bits per heavy atom. The topological polar surface area (TPSA) is 54.4 Å². The van der Waals surface area contributed by atoms with Gasteiger partial charge >= 0.3 is 0 Å². The van der Waals surface area contributed by atoms with E-state index in [-0.39, 0.29) is 23.7 Å². The Morgan fingerprint density at radius 1 is 1.25 bits per heavy atom. The molecule has 5 fully saturated rings. The normalized spacial score (nSPS) is 51.8. The fourth-order valence-corrected chi connectivity index (χ4v) is 8.07. The molecular weight excluding hydrogens is 300 g/mol. The van der Waals surface area contributed by atoms with Crippen LogP contribution < -0.4 is 0 Å². The van der Waals surface area contributed by atoms with E-state index in [4.69, 9.17) is 0 Å². The summed E-state index contributed by atoms with van der Waals surface area (Å²) in [6.45, 7) is 2.04. The van der Waals surface area contributed by atoms with Gasteiger partial charge in [0.25, 0.3) is 0 Å². The Kier molecular flexibility index (Phi) is 3.07. The van der Waals surface area contributed by atoms with E-state index >= 15 is 0 Å². The lowest BCUT2D eigenvalue weighted by molar-refractivity contribution is -0.143. The second-order valence-corrected chi connectivity index (χ2v) is 9.53. The van der Waals surface area contributed by atoms with Crippen molar-refractivity contribution in [2.24, 2.45) is 40.4 Å². The average Bonchev–Trinajstić information content (AvgIpc) is 2.93. The van der Waals surface area contributed by atoms with Crippen LogP contribution in [-0.4, -0.2) is 23.3 Å². The van der Waals surface area contributed by atoms with Gasteiger partial charge in [-0.3, -0.25) is 9.59 Å². The summed E-state index contributed by atoms with van der Waals surface area (Å²) in [6, 6.07) is 0. The van der Waals surface area contributed by atoms with Gasteiger partial charge in [0.15, 0.2) is 11.6 Å². The molecule has 7 atom stereocenters. The molecule has 24 heavy (non-hydrogen) atoms. The van der Waals surface area contributed by atoms with Crippen LogP contribution in [0.25, 0.3) is 0 Å². The zero-order valence-electron chi connectivity index (χ0n) is 14.6. The van der Waals surface area contributed by atoms with Crippen molar-refractivity contribution in [1.82, 2.24) is 0 Å². The monoisotopic (exact) mass is 328 g/mol. The molecule has 2 bridgehead atoms. The Labute approximate surface area is 143 Å². The molecule has 6 aliphatic carbocycles. The molecule has 0 saturated heterocycles. The third-order valence-corrected chi connectivity index (χ3v) is 9.01. The molecule has 1 unspecified atom stereocenters.